The maximum atomic E-state index is 13.7. The van der Waals surface area contributed by atoms with Crippen molar-refractivity contribution < 1.29 is 28.5 Å². The normalized spacial score (nSPS) is 23.0. The highest BCUT2D eigenvalue weighted by atomic mass is 35.5. The highest BCUT2D eigenvalue weighted by molar-refractivity contribution is 7.07. The number of hydrogen-bond donors (Lipinski definition) is 0. The van der Waals surface area contributed by atoms with E-state index in [9.17, 15) is 9.59 Å². The third kappa shape index (κ3) is 5.83. The summed E-state index contributed by atoms with van der Waals surface area (Å²) in [4.78, 5) is 42.9. The highest BCUT2D eigenvalue weighted by Gasteiger charge is 2.57. The molecule has 0 N–H and O–H groups in total. The number of hydrogen-bond acceptors (Lipinski definition) is 11. The van der Waals surface area contributed by atoms with E-state index >= 15 is 0 Å². The number of fused-ring (bicyclic) bond motifs is 1. The van der Waals surface area contributed by atoms with Crippen LogP contribution in [0.4, 0.5) is 0 Å². The number of carbonyl (C=O) groups is 2. The molecule has 1 aliphatic heterocycles. The molecule has 1 aliphatic rings. The van der Waals surface area contributed by atoms with Crippen LogP contribution in [-0.2, 0) is 40.6 Å². The number of imidazole rings is 1. The van der Waals surface area contributed by atoms with E-state index in [4.69, 9.17) is 48.6 Å². The summed E-state index contributed by atoms with van der Waals surface area (Å²) in [6.45, 7) is 4.64. The predicted octanol–water partition coefficient (Wildman–Crippen LogP) is 4.78. The zero-order chi connectivity index (χ0) is 30.8. The molecule has 43 heavy (non-hydrogen) atoms. The van der Waals surface area contributed by atoms with Crippen LogP contribution in [0.2, 0.25) is 10.4 Å². The van der Waals surface area contributed by atoms with Gasteiger partial charge in [0.1, 0.15) is 11.6 Å². The van der Waals surface area contributed by atoms with Gasteiger partial charge in [0.05, 0.1) is 36.2 Å². The van der Waals surface area contributed by atoms with E-state index < -0.39 is 41.4 Å². The largest absolute Gasteiger partial charge is 0.464 e. The Hall–Kier alpha value is -3.60. The number of terminal acetylenes is 1. The second-order valence-electron chi connectivity index (χ2n) is 9.97. The Morgan fingerprint density at radius 3 is 2.65 bits per heavy atom. The van der Waals surface area contributed by atoms with E-state index in [1.807, 2.05) is 30.3 Å². The highest BCUT2D eigenvalue weighted by Crippen LogP contribution is 2.47. The summed E-state index contributed by atoms with van der Waals surface area (Å²) >= 11 is 13.7. The Labute approximate surface area is 261 Å². The molecule has 0 radical (unpaired) electrons. The van der Waals surface area contributed by atoms with E-state index in [-0.39, 0.29) is 41.2 Å². The van der Waals surface area contributed by atoms with E-state index in [1.165, 1.54) is 29.2 Å². The lowest BCUT2D eigenvalue weighted by atomic mass is 9.81. The van der Waals surface area contributed by atoms with E-state index in [0.717, 1.165) is 5.56 Å². The number of halogens is 2. The third-order valence-electron chi connectivity index (χ3n) is 7.28. The van der Waals surface area contributed by atoms with Crippen LogP contribution in [-0.4, -0.2) is 61.9 Å². The molecule has 11 nitrogen and oxygen atoms in total. The van der Waals surface area contributed by atoms with Gasteiger partial charge in [-0.1, -0.05) is 47.9 Å². The first-order valence-electron chi connectivity index (χ1n) is 13.2. The number of nitrogens with zero attached hydrogens (tertiary/aromatic N) is 5. The van der Waals surface area contributed by atoms with Gasteiger partial charge in [0, 0.05) is 18.7 Å². The Morgan fingerprint density at radius 2 is 2.00 bits per heavy atom. The molecule has 3 aromatic heterocycles. The fourth-order valence-corrected chi connectivity index (χ4v) is 6.11. The summed E-state index contributed by atoms with van der Waals surface area (Å²) in [6.07, 6.45) is 4.75. The molecule has 4 aromatic rings. The van der Waals surface area contributed by atoms with Crippen LogP contribution in [0.3, 0.4) is 0 Å². The number of benzene rings is 1. The quantitative estimate of drug-likeness (QED) is 0.103. The molecular weight excluding hydrogens is 617 g/mol. The maximum Gasteiger partial charge on any atom is 0.345 e. The second kappa shape index (κ2) is 12.6. The summed E-state index contributed by atoms with van der Waals surface area (Å²) in [5, 5.41) is 1.67. The minimum absolute atomic E-state index is 0.0405. The fraction of sp³-hybridized carbons (Fsp3) is 0.379. The molecule has 5 atom stereocenters. The van der Waals surface area contributed by atoms with Crippen LogP contribution in [0.15, 0.2) is 47.5 Å². The average molecular weight is 645 g/mol. The van der Waals surface area contributed by atoms with Crippen molar-refractivity contribution in [2.45, 2.75) is 51.2 Å². The van der Waals surface area contributed by atoms with Crippen molar-refractivity contribution in [2.24, 2.45) is 5.41 Å². The average Bonchev–Trinajstić information content (AvgIpc) is 3.72. The van der Waals surface area contributed by atoms with Gasteiger partial charge in [-0.3, -0.25) is 9.36 Å². The van der Waals surface area contributed by atoms with Gasteiger partial charge in [-0.25, -0.2) is 19.7 Å². The van der Waals surface area contributed by atoms with Gasteiger partial charge in [-0.15, -0.1) is 17.8 Å². The van der Waals surface area contributed by atoms with E-state index in [2.05, 4.69) is 25.9 Å². The summed E-state index contributed by atoms with van der Waals surface area (Å²) in [7, 11) is 0. The van der Waals surface area contributed by atoms with Crippen molar-refractivity contribution in [3.8, 4) is 12.3 Å². The number of carbonyl (C=O) groups excluding carboxylic acids is 2. The summed E-state index contributed by atoms with van der Waals surface area (Å²) in [5.74, 6) is 1.56. The molecule has 4 heterocycles. The lowest BCUT2D eigenvalue weighted by Crippen LogP contribution is -2.47. The summed E-state index contributed by atoms with van der Waals surface area (Å²) < 4.78 is 25.8. The molecule has 1 fully saturated rings. The van der Waals surface area contributed by atoms with Crippen molar-refractivity contribution >= 4 is 57.6 Å². The number of thiazole rings is 1. The Bertz CT molecular complexity index is 1660. The molecule has 14 heteroatoms. The van der Waals surface area contributed by atoms with Gasteiger partial charge in [0.15, 0.2) is 23.1 Å². The summed E-state index contributed by atoms with van der Waals surface area (Å²) in [6, 6.07) is 9.39. The zero-order valence-corrected chi connectivity index (χ0v) is 25.7. The Balaban J connectivity index is 1.55. The number of aromatic nitrogens is 5. The lowest BCUT2D eigenvalue weighted by molar-refractivity contribution is -0.182. The lowest BCUT2D eigenvalue weighted by Gasteiger charge is -2.34. The topological polar surface area (TPSA) is 128 Å². The van der Waals surface area contributed by atoms with Crippen LogP contribution in [0.5, 0.6) is 0 Å². The molecule has 1 unspecified atom stereocenters. The van der Waals surface area contributed by atoms with Crippen LogP contribution in [0.1, 0.15) is 38.3 Å². The smallest absolute Gasteiger partial charge is 0.345 e. The third-order valence-corrected chi connectivity index (χ3v) is 8.30. The first kappa shape index (κ1) is 30.8. The van der Waals surface area contributed by atoms with Gasteiger partial charge in [0.2, 0.25) is 10.9 Å². The fourth-order valence-electron chi connectivity index (χ4n) is 5.07. The molecule has 0 saturated carbocycles. The molecule has 1 aromatic carbocycles. The van der Waals surface area contributed by atoms with Crippen LogP contribution in [0, 0.1) is 17.8 Å². The van der Waals surface area contributed by atoms with Crippen molar-refractivity contribution in [1.82, 2.24) is 24.5 Å². The van der Waals surface area contributed by atoms with Gasteiger partial charge >= 0.3 is 11.9 Å². The number of esters is 2. The standard InChI is InChI=1S/C29H27Cl2N5O6S/c1-5-28(4)20(42-25(22(28)41-17(3)37)36-15-32-21-23(30)34-27(31)35-24(21)36)13-40-29(26(38)39-6-2,19-14-43-16-33-19)12-18-10-8-7-9-11-18/h1,7-11,14-16,20,22,25H,6,12-13H2,2-4H3/t20-,22+,25-,28+,29?/m1/s1. The maximum absolute atomic E-state index is 13.7. The van der Waals surface area contributed by atoms with Crippen molar-refractivity contribution in [2.75, 3.05) is 13.2 Å². The van der Waals surface area contributed by atoms with Crippen LogP contribution in [0.25, 0.3) is 11.2 Å². The molecule has 0 spiro atoms. The summed E-state index contributed by atoms with van der Waals surface area (Å²) in [5.41, 5.74) is 0.486. The van der Waals surface area contributed by atoms with Crippen molar-refractivity contribution in [3.63, 3.8) is 0 Å². The molecule has 0 aliphatic carbocycles. The number of ether oxygens (including phenoxy) is 4. The van der Waals surface area contributed by atoms with Gasteiger partial charge < -0.3 is 18.9 Å². The Morgan fingerprint density at radius 1 is 1.23 bits per heavy atom. The first-order valence-corrected chi connectivity index (χ1v) is 14.9. The van der Waals surface area contributed by atoms with Gasteiger partial charge in [-0.05, 0) is 31.0 Å². The van der Waals surface area contributed by atoms with E-state index in [1.54, 1.807) is 24.7 Å². The first-order chi connectivity index (χ1) is 20.6. The van der Waals surface area contributed by atoms with Crippen LogP contribution < -0.4 is 0 Å². The molecular formula is C29H27Cl2N5O6S. The Kier molecular flexibility index (Phi) is 9.01. The van der Waals surface area contributed by atoms with Gasteiger partial charge in [-0.2, -0.15) is 4.98 Å². The molecule has 0 amide bonds. The van der Waals surface area contributed by atoms with Gasteiger partial charge in [0.25, 0.3) is 0 Å². The van der Waals surface area contributed by atoms with Crippen LogP contribution >= 0.6 is 34.5 Å². The van der Waals surface area contributed by atoms with Crippen molar-refractivity contribution in [1.29, 1.82) is 0 Å². The molecule has 5 rings (SSSR count). The second-order valence-corrected chi connectivity index (χ2v) is 11.4. The SMILES string of the molecule is C#C[C@@]1(C)[C@@H](COC(Cc2ccccc2)(C(=O)OCC)c2cscn2)O[C@@H](n2cnc3c(Cl)nc(Cl)nc32)[C@@H]1OC(C)=O. The number of rotatable bonds is 10. The monoisotopic (exact) mass is 643 g/mol. The molecule has 0 bridgehead atoms. The zero-order valence-electron chi connectivity index (χ0n) is 23.4. The molecule has 1 saturated heterocycles. The molecule has 224 valence electrons. The van der Waals surface area contributed by atoms with E-state index in [0.29, 0.717) is 5.69 Å². The van der Waals surface area contributed by atoms with Crippen molar-refractivity contribution in [3.05, 3.63) is 69.2 Å². The predicted molar refractivity (Wildman–Crippen MR) is 158 cm³/mol. The minimum Gasteiger partial charge on any atom is -0.464 e. The minimum atomic E-state index is -1.62.